The van der Waals surface area contributed by atoms with Crippen molar-refractivity contribution in [3.63, 3.8) is 0 Å². The van der Waals surface area contributed by atoms with E-state index in [9.17, 15) is 9.59 Å². The van der Waals surface area contributed by atoms with Crippen molar-refractivity contribution in [3.05, 3.63) is 41.1 Å². The minimum Gasteiger partial charge on any atom is -0.496 e. The molecule has 0 spiro atoms. The second-order valence-electron chi connectivity index (χ2n) is 5.41. The molecule has 2 N–H and O–H groups in total. The molecule has 6 nitrogen and oxygen atoms in total. The monoisotopic (exact) mass is 368 g/mol. The third-order valence-electron chi connectivity index (χ3n) is 3.99. The minimum absolute atomic E-state index is 0.0494. The molecule has 0 bridgehead atoms. The topological polar surface area (TPSA) is 81.9 Å². The van der Waals surface area contributed by atoms with Crippen molar-refractivity contribution in [1.29, 1.82) is 0 Å². The van der Waals surface area contributed by atoms with Gasteiger partial charge in [0.15, 0.2) is 0 Å². The van der Waals surface area contributed by atoms with Crippen LogP contribution in [0.5, 0.6) is 5.75 Å². The number of β-lactam (4-membered cyclic amide) rings is 1. The van der Waals surface area contributed by atoms with Gasteiger partial charge in [-0.1, -0.05) is 18.2 Å². The first kappa shape index (κ1) is 17.1. The number of rotatable bonds is 5. The van der Waals surface area contributed by atoms with Crippen LogP contribution in [0.15, 0.2) is 35.5 Å². The lowest BCUT2D eigenvalue weighted by Crippen LogP contribution is -2.68. The van der Waals surface area contributed by atoms with Crippen LogP contribution >= 0.6 is 23.4 Å². The number of alkyl halides is 1. The summed E-state index contributed by atoms with van der Waals surface area (Å²) >= 11 is 7.45. The fourth-order valence-electron chi connectivity index (χ4n) is 2.71. The first-order valence-electron chi connectivity index (χ1n) is 7.35. The number of ether oxygens (including phenoxy) is 2. The van der Waals surface area contributed by atoms with Crippen LogP contribution in [0.4, 0.5) is 0 Å². The molecule has 1 aromatic carbocycles. The van der Waals surface area contributed by atoms with Gasteiger partial charge in [0.25, 0.3) is 0 Å². The molecule has 8 heteroatoms. The molecule has 1 fully saturated rings. The van der Waals surface area contributed by atoms with Crippen LogP contribution in [-0.4, -0.2) is 46.9 Å². The van der Waals surface area contributed by atoms with Gasteiger partial charge in [-0.3, -0.25) is 9.69 Å². The number of thioether (sulfide) groups is 1. The van der Waals surface area contributed by atoms with Crippen LogP contribution in [0.3, 0.4) is 0 Å². The maximum atomic E-state index is 12.6. The summed E-state index contributed by atoms with van der Waals surface area (Å²) in [6.45, 7) is 0.0494. The van der Waals surface area contributed by atoms with Crippen LogP contribution in [0.2, 0.25) is 0 Å². The Bertz CT molecular complexity index is 709. The standard InChI is InChI=1S/C16H17ClN2O4S/c1-22-11-5-3-2-4-9(11)7-23-16(21)13-10(6-17)8-24-15-12(18)14(20)19(13)15/h2-5,12,15H,6-8,18H2,1H3/t12?,15-/m1/s1. The maximum Gasteiger partial charge on any atom is 0.355 e. The molecular formula is C16H17ClN2O4S. The number of amides is 1. The van der Waals surface area contributed by atoms with Gasteiger partial charge in [-0.2, -0.15) is 0 Å². The summed E-state index contributed by atoms with van der Waals surface area (Å²) in [7, 11) is 1.55. The summed E-state index contributed by atoms with van der Waals surface area (Å²) in [4.78, 5) is 26.0. The van der Waals surface area contributed by atoms with Crippen LogP contribution in [0.25, 0.3) is 0 Å². The second-order valence-corrected chi connectivity index (χ2v) is 6.78. The Kier molecular flexibility index (Phi) is 5.03. The lowest BCUT2D eigenvalue weighted by molar-refractivity contribution is -0.151. The lowest BCUT2D eigenvalue weighted by Gasteiger charge is -2.48. The molecule has 2 aliphatic rings. The van der Waals surface area contributed by atoms with E-state index in [-0.39, 0.29) is 29.5 Å². The lowest BCUT2D eigenvalue weighted by atomic mass is 10.0. The predicted molar refractivity (Wildman–Crippen MR) is 91.6 cm³/mol. The zero-order valence-corrected chi connectivity index (χ0v) is 14.6. The molecule has 0 aliphatic carbocycles. The average Bonchev–Trinajstić information content (AvgIpc) is 2.64. The minimum atomic E-state index is -0.580. The Hall–Kier alpha value is -1.70. The van der Waals surface area contributed by atoms with Gasteiger partial charge in [0.1, 0.15) is 29.5 Å². The fourth-order valence-corrected chi connectivity index (χ4v) is 4.33. The summed E-state index contributed by atoms with van der Waals surface area (Å²) in [6, 6.07) is 6.69. The van der Waals surface area contributed by atoms with Gasteiger partial charge in [0, 0.05) is 17.2 Å². The summed E-state index contributed by atoms with van der Waals surface area (Å²) in [6.07, 6.45) is 0. The molecule has 3 rings (SSSR count). The van der Waals surface area contributed by atoms with Crippen molar-refractivity contribution >= 4 is 35.2 Å². The highest BCUT2D eigenvalue weighted by Crippen LogP contribution is 2.40. The van der Waals surface area contributed by atoms with Crippen molar-refractivity contribution in [2.24, 2.45) is 5.73 Å². The summed E-state index contributed by atoms with van der Waals surface area (Å²) in [5.74, 6) is 0.514. The molecule has 1 saturated heterocycles. The highest BCUT2D eigenvalue weighted by molar-refractivity contribution is 8.00. The van der Waals surface area contributed by atoms with E-state index in [2.05, 4.69) is 0 Å². The third kappa shape index (κ3) is 2.87. The summed E-state index contributed by atoms with van der Waals surface area (Å²) in [5, 5.41) is -0.224. The summed E-state index contributed by atoms with van der Waals surface area (Å²) in [5.41, 5.74) is 7.45. The van der Waals surface area contributed by atoms with Gasteiger partial charge in [-0.25, -0.2) is 4.79 Å². The first-order chi connectivity index (χ1) is 11.6. The van der Waals surface area contributed by atoms with E-state index < -0.39 is 12.0 Å². The van der Waals surface area contributed by atoms with Crippen molar-refractivity contribution in [2.45, 2.75) is 18.0 Å². The van der Waals surface area contributed by atoms with E-state index in [0.717, 1.165) is 5.56 Å². The van der Waals surface area contributed by atoms with Gasteiger partial charge < -0.3 is 15.2 Å². The van der Waals surface area contributed by atoms with E-state index in [4.69, 9.17) is 26.8 Å². The van der Waals surface area contributed by atoms with Crippen LogP contribution in [-0.2, 0) is 20.9 Å². The maximum absolute atomic E-state index is 12.6. The van der Waals surface area contributed by atoms with E-state index in [1.54, 1.807) is 13.2 Å². The number of fused-ring (bicyclic) bond motifs is 1. The SMILES string of the molecule is COc1ccccc1COC(=O)C1=C(CCl)CS[C@@H]2C(N)C(=O)N12. The van der Waals surface area contributed by atoms with Crippen molar-refractivity contribution in [3.8, 4) is 5.75 Å². The number of halogens is 1. The molecular weight excluding hydrogens is 352 g/mol. The second kappa shape index (κ2) is 7.04. The van der Waals surface area contributed by atoms with Gasteiger partial charge >= 0.3 is 5.97 Å². The number of nitrogens with zero attached hydrogens (tertiary/aromatic N) is 1. The number of esters is 1. The number of carbonyl (C=O) groups is 2. The number of hydrogen-bond donors (Lipinski definition) is 1. The molecule has 0 aromatic heterocycles. The zero-order chi connectivity index (χ0) is 17.3. The number of hydrogen-bond acceptors (Lipinski definition) is 6. The number of para-hydroxylation sites is 1. The zero-order valence-electron chi connectivity index (χ0n) is 13.0. The highest BCUT2D eigenvalue weighted by atomic mass is 35.5. The van der Waals surface area contributed by atoms with Gasteiger partial charge in [-0.15, -0.1) is 23.4 Å². The molecule has 1 unspecified atom stereocenters. The fraction of sp³-hybridized carbons (Fsp3) is 0.375. The molecule has 2 atom stereocenters. The van der Waals surface area contributed by atoms with Crippen molar-refractivity contribution in [1.82, 2.24) is 4.90 Å². The molecule has 0 radical (unpaired) electrons. The van der Waals surface area contributed by atoms with E-state index in [1.165, 1.54) is 16.7 Å². The molecule has 1 amide bonds. The first-order valence-corrected chi connectivity index (χ1v) is 8.94. The van der Waals surface area contributed by atoms with Crippen molar-refractivity contribution in [2.75, 3.05) is 18.7 Å². The normalized spacial score (nSPS) is 22.8. The van der Waals surface area contributed by atoms with E-state index in [1.807, 2.05) is 18.2 Å². The molecule has 128 valence electrons. The Morgan fingerprint density at radius 1 is 1.46 bits per heavy atom. The van der Waals surface area contributed by atoms with E-state index in [0.29, 0.717) is 17.1 Å². The third-order valence-corrected chi connectivity index (χ3v) is 5.68. The van der Waals surface area contributed by atoms with Crippen LogP contribution < -0.4 is 10.5 Å². The highest BCUT2D eigenvalue weighted by Gasteiger charge is 2.51. The Morgan fingerprint density at radius 3 is 2.92 bits per heavy atom. The van der Waals surface area contributed by atoms with Gasteiger partial charge in [0.2, 0.25) is 5.91 Å². The molecule has 0 saturated carbocycles. The predicted octanol–water partition coefficient (Wildman–Crippen LogP) is 1.47. The molecule has 24 heavy (non-hydrogen) atoms. The van der Waals surface area contributed by atoms with E-state index >= 15 is 0 Å². The number of nitrogens with two attached hydrogens (primary N) is 1. The molecule has 2 heterocycles. The Labute approximate surface area is 148 Å². The van der Waals surface area contributed by atoms with Gasteiger partial charge in [-0.05, 0) is 11.6 Å². The smallest absolute Gasteiger partial charge is 0.355 e. The number of methoxy groups -OCH3 is 1. The Balaban J connectivity index is 1.77. The largest absolute Gasteiger partial charge is 0.496 e. The molecule has 1 aromatic rings. The van der Waals surface area contributed by atoms with Crippen LogP contribution in [0.1, 0.15) is 5.56 Å². The number of benzene rings is 1. The van der Waals surface area contributed by atoms with Gasteiger partial charge in [0.05, 0.1) is 7.11 Å². The Morgan fingerprint density at radius 2 is 2.21 bits per heavy atom. The number of carbonyl (C=O) groups excluding carboxylic acids is 2. The quantitative estimate of drug-likeness (QED) is 0.481. The average molecular weight is 369 g/mol. The summed E-state index contributed by atoms with van der Waals surface area (Å²) < 4.78 is 10.6. The van der Waals surface area contributed by atoms with Crippen LogP contribution in [0, 0.1) is 0 Å². The van der Waals surface area contributed by atoms with Crippen molar-refractivity contribution < 1.29 is 19.1 Å². The molecule has 2 aliphatic heterocycles.